The van der Waals surface area contributed by atoms with Gasteiger partial charge in [0.25, 0.3) is 11.6 Å². The van der Waals surface area contributed by atoms with Crippen LogP contribution >= 0.6 is 11.6 Å². The average molecular weight is 390 g/mol. The number of benzene rings is 2. The molecule has 27 heavy (non-hydrogen) atoms. The fraction of sp³-hybridized carbons (Fsp3) is 0.316. The second kappa shape index (κ2) is 8.83. The second-order valence-corrected chi connectivity index (χ2v) is 6.59. The highest BCUT2D eigenvalue weighted by Gasteiger charge is 2.27. The summed E-state index contributed by atoms with van der Waals surface area (Å²) in [6.07, 6.45) is 0. The topological polar surface area (TPSA) is 75.9 Å². The minimum atomic E-state index is -0.518. The third-order valence-corrected chi connectivity index (χ3v) is 4.80. The molecule has 0 N–H and O–H groups in total. The number of nitro benzene ring substituents is 1. The lowest BCUT2D eigenvalue weighted by molar-refractivity contribution is -0.385. The Kier molecular flexibility index (Phi) is 6.26. The molecule has 142 valence electrons. The molecule has 0 saturated carbocycles. The number of hydrogen-bond donors (Lipinski definition) is 0. The van der Waals surface area contributed by atoms with E-state index in [-0.39, 0.29) is 17.2 Å². The first-order valence-electron chi connectivity index (χ1n) is 8.68. The predicted molar refractivity (Wildman–Crippen MR) is 102 cm³/mol. The first-order chi connectivity index (χ1) is 13.1. The summed E-state index contributed by atoms with van der Waals surface area (Å²) in [5, 5.41) is 11.7. The Morgan fingerprint density at radius 2 is 1.74 bits per heavy atom. The van der Waals surface area contributed by atoms with E-state index in [1.807, 2.05) is 18.2 Å². The fourth-order valence-electron chi connectivity index (χ4n) is 3.01. The number of ether oxygens (including phenoxy) is 1. The first kappa shape index (κ1) is 19.1. The Bertz CT molecular complexity index is 822. The molecule has 8 heteroatoms. The van der Waals surface area contributed by atoms with Crippen LogP contribution in [0.2, 0.25) is 5.02 Å². The number of nitrogens with zero attached hydrogens (tertiary/aromatic N) is 3. The molecule has 0 aliphatic carbocycles. The van der Waals surface area contributed by atoms with Gasteiger partial charge in [-0.3, -0.25) is 19.8 Å². The van der Waals surface area contributed by atoms with Crippen molar-refractivity contribution in [1.29, 1.82) is 0 Å². The van der Waals surface area contributed by atoms with Gasteiger partial charge in [0, 0.05) is 38.8 Å². The summed E-state index contributed by atoms with van der Waals surface area (Å²) < 4.78 is 5.70. The minimum absolute atomic E-state index is 0.137. The van der Waals surface area contributed by atoms with Crippen molar-refractivity contribution in [2.24, 2.45) is 0 Å². The molecule has 0 bridgehead atoms. The van der Waals surface area contributed by atoms with Crippen LogP contribution in [-0.2, 0) is 0 Å². The molecular weight excluding hydrogens is 370 g/mol. The third kappa shape index (κ3) is 4.75. The number of piperazine rings is 1. The van der Waals surface area contributed by atoms with Crippen molar-refractivity contribution < 1.29 is 14.5 Å². The monoisotopic (exact) mass is 389 g/mol. The molecule has 1 amide bonds. The van der Waals surface area contributed by atoms with Gasteiger partial charge in [-0.2, -0.15) is 0 Å². The van der Waals surface area contributed by atoms with Crippen LogP contribution in [0.4, 0.5) is 5.69 Å². The molecule has 3 rings (SSSR count). The molecule has 0 radical (unpaired) electrons. The quantitative estimate of drug-likeness (QED) is 0.560. The van der Waals surface area contributed by atoms with Gasteiger partial charge in [-0.1, -0.05) is 35.9 Å². The summed E-state index contributed by atoms with van der Waals surface area (Å²) in [6.45, 7) is 3.66. The zero-order valence-corrected chi connectivity index (χ0v) is 15.5. The van der Waals surface area contributed by atoms with Crippen molar-refractivity contribution >= 4 is 23.2 Å². The number of para-hydroxylation sites is 2. The van der Waals surface area contributed by atoms with E-state index in [1.54, 1.807) is 23.1 Å². The van der Waals surface area contributed by atoms with Gasteiger partial charge in [0.1, 0.15) is 17.9 Å². The highest BCUT2D eigenvalue weighted by Crippen LogP contribution is 2.23. The highest BCUT2D eigenvalue weighted by molar-refractivity contribution is 6.32. The lowest BCUT2D eigenvalue weighted by Crippen LogP contribution is -2.49. The van der Waals surface area contributed by atoms with Gasteiger partial charge in [-0.25, -0.2) is 0 Å². The van der Waals surface area contributed by atoms with Crippen LogP contribution in [0.1, 0.15) is 10.4 Å². The van der Waals surface area contributed by atoms with E-state index >= 15 is 0 Å². The summed E-state index contributed by atoms with van der Waals surface area (Å²) in [5.74, 6) is 0.360. The summed E-state index contributed by atoms with van der Waals surface area (Å²) in [4.78, 5) is 27.1. The molecule has 0 unspecified atom stereocenters. The zero-order chi connectivity index (χ0) is 19.2. The van der Waals surface area contributed by atoms with E-state index in [4.69, 9.17) is 16.3 Å². The third-order valence-electron chi connectivity index (χ3n) is 4.49. The van der Waals surface area contributed by atoms with Crippen LogP contribution in [-0.4, -0.2) is 60.0 Å². The van der Waals surface area contributed by atoms with Gasteiger partial charge in [0.15, 0.2) is 0 Å². The van der Waals surface area contributed by atoms with Gasteiger partial charge in [-0.05, 0) is 18.2 Å². The van der Waals surface area contributed by atoms with E-state index in [0.29, 0.717) is 43.6 Å². The molecule has 1 aliphatic heterocycles. The highest BCUT2D eigenvalue weighted by atomic mass is 35.5. The molecule has 0 spiro atoms. The van der Waals surface area contributed by atoms with Crippen molar-refractivity contribution in [3.63, 3.8) is 0 Å². The van der Waals surface area contributed by atoms with Crippen LogP contribution in [0.3, 0.4) is 0 Å². The lowest BCUT2D eigenvalue weighted by atomic mass is 10.1. The van der Waals surface area contributed by atoms with Gasteiger partial charge in [0.2, 0.25) is 0 Å². The largest absolute Gasteiger partial charge is 0.491 e. The van der Waals surface area contributed by atoms with Gasteiger partial charge in [0.05, 0.1) is 9.95 Å². The molecule has 1 heterocycles. The Morgan fingerprint density at radius 3 is 2.44 bits per heavy atom. The number of hydrogen-bond acceptors (Lipinski definition) is 5. The zero-order valence-electron chi connectivity index (χ0n) is 14.7. The molecule has 1 saturated heterocycles. The molecule has 0 atom stereocenters. The molecule has 1 fully saturated rings. The predicted octanol–water partition coefficient (Wildman–Crippen LogP) is 3.09. The van der Waals surface area contributed by atoms with Crippen molar-refractivity contribution in [1.82, 2.24) is 9.80 Å². The number of nitro groups is 1. The van der Waals surface area contributed by atoms with Crippen molar-refractivity contribution in [2.45, 2.75) is 0 Å². The molecule has 1 aliphatic rings. The Labute approximate surface area is 162 Å². The summed E-state index contributed by atoms with van der Waals surface area (Å²) in [6, 6.07) is 13.4. The fourth-order valence-corrected chi connectivity index (χ4v) is 3.20. The summed E-state index contributed by atoms with van der Waals surface area (Å²) >= 11 is 6.06. The van der Waals surface area contributed by atoms with Crippen molar-refractivity contribution in [3.05, 3.63) is 69.2 Å². The number of amides is 1. The molecule has 7 nitrogen and oxygen atoms in total. The van der Waals surface area contributed by atoms with E-state index in [0.717, 1.165) is 6.54 Å². The number of rotatable bonds is 6. The minimum Gasteiger partial charge on any atom is -0.491 e. The molecule has 2 aromatic carbocycles. The normalized spacial score (nSPS) is 14.8. The van der Waals surface area contributed by atoms with E-state index in [1.165, 1.54) is 12.1 Å². The van der Waals surface area contributed by atoms with E-state index in [2.05, 4.69) is 4.90 Å². The Morgan fingerprint density at radius 1 is 1.07 bits per heavy atom. The molecule has 2 aromatic rings. The van der Waals surface area contributed by atoms with Crippen molar-refractivity contribution in [2.75, 3.05) is 39.3 Å². The number of halogens is 1. The van der Waals surface area contributed by atoms with Gasteiger partial charge < -0.3 is 9.64 Å². The second-order valence-electron chi connectivity index (χ2n) is 6.19. The van der Waals surface area contributed by atoms with Gasteiger partial charge >= 0.3 is 0 Å². The lowest BCUT2D eigenvalue weighted by Gasteiger charge is -2.34. The smallest absolute Gasteiger partial charge is 0.282 e. The standard InChI is InChI=1S/C19H20ClN3O4/c20-16-6-2-4-8-18(16)27-14-13-21-9-11-22(12-10-21)19(24)15-5-1-3-7-17(15)23(25)26/h1-8H,9-14H2. The Balaban J connectivity index is 1.50. The van der Waals surface area contributed by atoms with Crippen molar-refractivity contribution in [3.8, 4) is 5.75 Å². The maximum atomic E-state index is 12.6. The molecular formula is C19H20ClN3O4. The maximum Gasteiger partial charge on any atom is 0.282 e. The van der Waals surface area contributed by atoms with Crippen LogP contribution in [0.25, 0.3) is 0 Å². The first-order valence-corrected chi connectivity index (χ1v) is 9.06. The summed E-state index contributed by atoms with van der Waals surface area (Å²) in [5.41, 5.74) is -0.0175. The SMILES string of the molecule is O=C(c1ccccc1[N+](=O)[O-])N1CCN(CCOc2ccccc2Cl)CC1. The van der Waals surface area contributed by atoms with Gasteiger partial charge in [-0.15, -0.1) is 0 Å². The number of carbonyl (C=O) groups excluding carboxylic acids is 1. The number of carbonyl (C=O) groups is 1. The average Bonchev–Trinajstić information content (AvgIpc) is 2.69. The Hall–Kier alpha value is -2.64. The maximum absolute atomic E-state index is 12.6. The van der Waals surface area contributed by atoms with E-state index in [9.17, 15) is 14.9 Å². The van der Waals surface area contributed by atoms with Crippen LogP contribution in [0.15, 0.2) is 48.5 Å². The molecule has 0 aromatic heterocycles. The van der Waals surface area contributed by atoms with Crippen LogP contribution in [0.5, 0.6) is 5.75 Å². The van der Waals surface area contributed by atoms with E-state index < -0.39 is 4.92 Å². The summed E-state index contributed by atoms with van der Waals surface area (Å²) in [7, 11) is 0. The van der Waals surface area contributed by atoms with Crippen LogP contribution in [0, 0.1) is 10.1 Å². The van der Waals surface area contributed by atoms with Crippen LogP contribution < -0.4 is 4.74 Å².